The molecular weight excluding hydrogens is 996 g/mol. The summed E-state index contributed by atoms with van der Waals surface area (Å²) in [4.78, 5) is 25.7. The van der Waals surface area contributed by atoms with Crippen LogP contribution in [0.4, 0.5) is 0 Å². The van der Waals surface area contributed by atoms with Gasteiger partial charge in [0.25, 0.3) is 7.82 Å². The summed E-state index contributed by atoms with van der Waals surface area (Å²) >= 11 is 0. The van der Waals surface area contributed by atoms with Gasteiger partial charge in [-0.1, -0.05) is 373 Å². The average Bonchev–Trinajstić information content (AvgIpc) is 3.42. The Hall–Kier alpha value is -0.500. The van der Waals surface area contributed by atoms with Crippen LogP contribution in [0, 0.1) is 0 Å². The quantitative estimate of drug-likeness (QED) is 0.0357. The van der Waals surface area contributed by atoms with Crippen molar-refractivity contribution in [3.8, 4) is 0 Å². The van der Waals surface area contributed by atoms with Crippen LogP contribution in [0.3, 0.4) is 0 Å². The normalized spacial score (nSPS) is 13.6. The summed E-state index contributed by atoms with van der Waals surface area (Å²) in [6, 6.07) is -0.797. The van der Waals surface area contributed by atoms with Gasteiger partial charge in [-0.3, -0.25) is 9.36 Å². The Balaban J connectivity index is 3.92. The zero-order valence-electron chi connectivity index (χ0n) is 54.4. The number of carbonyl (C=O) groups excluding carboxylic acids is 1. The number of aliphatic hydroxyl groups is 1. The third-order valence-corrected chi connectivity index (χ3v) is 18.1. The van der Waals surface area contributed by atoms with Crippen LogP contribution in [-0.2, 0) is 18.4 Å². The Morgan fingerprint density at radius 1 is 0.392 bits per heavy atom. The first-order chi connectivity index (χ1) is 38.5. The van der Waals surface area contributed by atoms with Crippen molar-refractivity contribution in [3.05, 3.63) is 0 Å². The molecule has 0 fully saturated rings. The van der Waals surface area contributed by atoms with E-state index in [0.717, 1.165) is 38.5 Å². The van der Waals surface area contributed by atoms with Crippen molar-refractivity contribution in [1.82, 2.24) is 5.32 Å². The lowest BCUT2D eigenvalue weighted by Crippen LogP contribution is -2.46. The molecular formula is C70H143N2O6P. The number of phosphoric acid groups is 1. The molecule has 0 rings (SSSR count). The monoisotopic (exact) mass is 1140 g/mol. The molecule has 79 heavy (non-hydrogen) atoms. The third kappa shape index (κ3) is 64.9. The second-order valence-corrected chi connectivity index (χ2v) is 27.7. The second-order valence-electron chi connectivity index (χ2n) is 26.3. The molecule has 0 heterocycles. The molecule has 3 atom stereocenters. The standard InChI is InChI=1S/C70H143N2O6P/c1-6-8-10-12-14-16-18-20-22-24-26-28-30-31-32-33-34-35-36-37-38-39-40-41-42-44-46-48-50-52-54-56-58-60-62-64-70(74)71-68(67-78-79(75,76)77-66-65-72(3,4)5)69(73)63-61-59-57-55-53-51-49-47-45-43-29-27-25-23-21-19-17-15-13-11-9-7-2/h68-69,73H,6-67H2,1-5H3,(H-,71,74,75,76). The molecule has 474 valence electrons. The molecule has 0 aromatic carbocycles. The molecule has 0 saturated carbocycles. The minimum atomic E-state index is -4.57. The lowest BCUT2D eigenvalue weighted by atomic mass is 10.0. The highest BCUT2D eigenvalue weighted by Gasteiger charge is 2.24. The van der Waals surface area contributed by atoms with E-state index in [1.807, 2.05) is 21.1 Å². The van der Waals surface area contributed by atoms with Gasteiger partial charge in [0.1, 0.15) is 13.2 Å². The Bertz CT molecular complexity index is 1250. The number of hydrogen-bond acceptors (Lipinski definition) is 6. The lowest BCUT2D eigenvalue weighted by molar-refractivity contribution is -0.870. The minimum Gasteiger partial charge on any atom is -0.756 e. The summed E-state index contributed by atoms with van der Waals surface area (Å²) in [5, 5.41) is 14.1. The van der Waals surface area contributed by atoms with E-state index >= 15 is 0 Å². The van der Waals surface area contributed by atoms with E-state index in [1.165, 1.54) is 327 Å². The Kier molecular flexibility index (Phi) is 61.7. The van der Waals surface area contributed by atoms with Gasteiger partial charge in [-0.05, 0) is 12.8 Å². The number of rotatable bonds is 68. The van der Waals surface area contributed by atoms with E-state index < -0.39 is 20.0 Å². The smallest absolute Gasteiger partial charge is 0.268 e. The molecule has 0 spiro atoms. The SMILES string of the molecule is CCCCCCCCCCCCCCCCCCCCCCCCCCCCCCCCCCCCCC(=O)NC(COP(=O)([O-])OCC[N+](C)(C)C)C(O)CCCCCCCCCCCCCCCCCCCCCCCC. The summed E-state index contributed by atoms with van der Waals surface area (Å²) in [6.45, 7) is 4.80. The molecule has 0 saturated heterocycles. The molecule has 0 aliphatic rings. The molecule has 0 aliphatic heterocycles. The number of hydrogen-bond donors (Lipinski definition) is 2. The van der Waals surface area contributed by atoms with Gasteiger partial charge in [0.15, 0.2) is 0 Å². The van der Waals surface area contributed by atoms with Crippen molar-refractivity contribution >= 4 is 13.7 Å². The molecule has 0 bridgehead atoms. The molecule has 8 nitrogen and oxygen atoms in total. The van der Waals surface area contributed by atoms with Gasteiger partial charge in [0.05, 0.1) is 39.9 Å². The molecule has 0 aromatic heterocycles. The van der Waals surface area contributed by atoms with E-state index in [1.54, 1.807) is 0 Å². The minimum absolute atomic E-state index is 0.0169. The number of quaternary nitrogens is 1. The van der Waals surface area contributed by atoms with Gasteiger partial charge < -0.3 is 28.8 Å². The van der Waals surface area contributed by atoms with E-state index in [9.17, 15) is 19.4 Å². The number of aliphatic hydroxyl groups excluding tert-OH is 1. The number of nitrogens with one attached hydrogen (secondary N) is 1. The van der Waals surface area contributed by atoms with Gasteiger partial charge in [0, 0.05) is 6.42 Å². The van der Waals surface area contributed by atoms with E-state index in [0.29, 0.717) is 23.9 Å². The maximum absolute atomic E-state index is 13.1. The molecule has 0 radical (unpaired) electrons. The largest absolute Gasteiger partial charge is 0.756 e. The second kappa shape index (κ2) is 62.0. The number of amides is 1. The van der Waals surface area contributed by atoms with Crippen molar-refractivity contribution in [3.63, 3.8) is 0 Å². The number of nitrogens with zero attached hydrogens (tertiary/aromatic N) is 1. The molecule has 2 N–H and O–H groups in total. The highest BCUT2D eigenvalue weighted by molar-refractivity contribution is 7.45. The Labute approximate surface area is 495 Å². The van der Waals surface area contributed by atoms with Crippen LogP contribution in [0.2, 0.25) is 0 Å². The zero-order valence-corrected chi connectivity index (χ0v) is 55.3. The van der Waals surface area contributed by atoms with E-state index in [2.05, 4.69) is 19.2 Å². The van der Waals surface area contributed by atoms with Crippen molar-refractivity contribution < 1.29 is 32.9 Å². The molecule has 0 aliphatic carbocycles. The summed E-state index contributed by atoms with van der Waals surface area (Å²) in [5.74, 6) is -0.153. The summed E-state index contributed by atoms with van der Waals surface area (Å²) in [7, 11) is 1.33. The van der Waals surface area contributed by atoms with E-state index in [-0.39, 0.29) is 19.1 Å². The van der Waals surface area contributed by atoms with Crippen LogP contribution in [0.5, 0.6) is 0 Å². The van der Waals surface area contributed by atoms with Crippen LogP contribution >= 0.6 is 7.82 Å². The van der Waals surface area contributed by atoms with Crippen LogP contribution in [0.15, 0.2) is 0 Å². The summed E-state index contributed by atoms with van der Waals surface area (Å²) in [6.07, 6.45) is 77.7. The highest BCUT2D eigenvalue weighted by atomic mass is 31.2. The van der Waals surface area contributed by atoms with Crippen molar-refractivity contribution in [1.29, 1.82) is 0 Å². The molecule has 3 unspecified atom stereocenters. The van der Waals surface area contributed by atoms with Crippen molar-refractivity contribution in [2.75, 3.05) is 40.9 Å². The van der Waals surface area contributed by atoms with Gasteiger partial charge in [-0.15, -0.1) is 0 Å². The van der Waals surface area contributed by atoms with Gasteiger partial charge >= 0.3 is 0 Å². The first kappa shape index (κ1) is 78.5. The summed E-state index contributed by atoms with van der Waals surface area (Å²) < 4.78 is 23.5. The predicted octanol–water partition coefficient (Wildman–Crippen LogP) is 22.1. The van der Waals surface area contributed by atoms with Crippen LogP contribution < -0.4 is 10.2 Å². The molecule has 9 heteroatoms. The fraction of sp³-hybridized carbons (Fsp3) is 0.986. The predicted molar refractivity (Wildman–Crippen MR) is 344 cm³/mol. The average molecular weight is 1140 g/mol. The lowest BCUT2D eigenvalue weighted by Gasteiger charge is -2.30. The number of unbranched alkanes of at least 4 members (excludes halogenated alkanes) is 55. The first-order valence-electron chi connectivity index (χ1n) is 35.9. The number of phosphoric ester groups is 1. The van der Waals surface area contributed by atoms with Crippen LogP contribution in [-0.4, -0.2) is 68.5 Å². The Morgan fingerprint density at radius 2 is 0.620 bits per heavy atom. The molecule has 1 amide bonds. The van der Waals surface area contributed by atoms with Crippen LogP contribution in [0.1, 0.15) is 393 Å². The fourth-order valence-electron chi connectivity index (χ4n) is 11.5. The van der Waals surface area contributed by atoms with Gasteiger partial charge in [-0.25, -0.2) is 0 Å². The first-order valence-corrected chi connectivity index (χ1v) is 37.3. The zero-order chi connectivity index (χ0) is 57.7. The van der Waals surface area contributed by atoms with Crippen LogP contribution in [0.25, 0.3) is 0 Å². The van der Waals surface area contributed by atoms with Gasteiger partial charge in [0.2, 0.25) is 5.91 Å². The topological polar surface area (TPSA) is 108 Å². The van der Waals surface area contributed by atoms with Crippen molar-refractivity contribution in [2.45, 2.75) is 405 Å². The fourth-order valence-corrected chi connectivity index (χ4v) is 12.2. The van der Waals surface area contributed by atoms with E-state index in [4.69, 9.17) is 9.05 Å². The third-order valence-electron chi connectivity index (χ3n) is 17.1. The van der Waals surface area contributed by atoms with Crippen molar-refractivity contribution in [2.24, 2.45) is 0 Å². The number of carbonyl (C=O) groups is 1. The maximum atomic E-state index is 13.1. The summed E-state index contributed by atoms with van der Waals surface area (Å²) in [5.41, 5.74) is 0. The van der Waals surface area contributed by atoms with Gasteiger partial charge in [-0.2, -0.15) is 0 Å². The maximum Gasteiger partial charge on any atom is 0.268 e. The molecule has 0 aromatic rings. The number of likely N-dealkylation sites (N-methyl/N-ethyl adjacent to an activating group) is 1. The highest BCUT2D eigenvalue weighted by Crippen LogP contribution is 2.38. The Morgan fingerprint density at radius 3 is 0.861 bits per heavy atom.